The fourth-order valence-corrected chi connectivity index (χ4v) is 3.25. The van der Waals surface area contributed by atoms with E-state index in [0.717, 1.165) is 5.75 Å². The summed E-state index contributed by atoms with van der Waals surface area (Å²) in [5, 5.41) is 19.7. The summed E-state index contributed by atoms with van der Waals surface area (Å²) in [5.74, 6) is 1.14. The van der Waals surface area contributed by atoms with E-state index in [0.29, 0.717) is 26.6 Å². The molecule has 2 aromatic heterocycles. The molecule has 2 heterocycles. The summed E-state index contributed by atoms with van der Waals surface area (Å²) in [4.78, 5) is 0. The topological polar surface area (TPSA) is 59.7 Å². The van der Waals surface area contributed by atoms with Gasteiger partial charge in [-0.05, 0) is 18.2 Å². The highest BCUT2D eigenvalue weighted by Gasteiger charge is 2.13. The zero-order valence-electron chi connectivity index (χ0n) is 11.9. The van der Waals surface area contributed by atoms with Gasteiger partial charge in [-0.15, -0.1) is 10.2 Å². The van der Waals surface area contributed by atoms with Crippen LogP contribution in [0, 0.1) is 0 Å². The molecule has 0 saturated carbocycles. The third-order valence-electron chi connectivity index (χ3n) is 2.99. The summed E-state index contributed by atoms with van der Waals surface area (Å²) in [6.07, 6.45) is 1.06. The van der Waals surface area contributed by atoms with E-state index in [2.05, 4.69) is 10.2 Å². The number of ether oxygens (including phenoxy) is 1. The Labute approximate surface area is 147 Å². The number of aliphatic hydroxyl groups excluding tert-OH is 1. The number of benzene rings is 1. The van der Waals surface area contributed by atoms with Gasteiger partial charge in [0.15, 0.2) is 10.8 Å². The Morgan fingerprint density at radius 3 is 2.78 bits per heavy atom. The molecule has 0 aliphatic rings. The van der Waals surface area contributed by atoms with Crippen LogP contribution in [-0.2, 0) is 0 Å². The third kappa shape index (κ3) is 4.09. The lowest BCUT2D eigenvalue weighted by Gasteiger charge is -2.11. The van der Waals surface area contributed by atoms with E-state index in [-0.39, 0.29) is 6.61 Å². The van der Waals surface area contributed by atoms with Crippen LogP contribution in [0.25, 0.3) is 5.65 Å². The van der Waals surface area contributed by atoms with Gasteiger partial charge in [0.1, 0.15) is 12.4 Å². The number of nitrogens with zero attached hydrogens (tertiary/aromatic N) is 3. The molecular formula is C15H13Cl2N3O2S. The van der Waals surface area contributed by atoms with Gasteiger partial charge in [0.05, 0.1) is 16.1 Å². The normalized spacial score (nSPS) is 12.5. The Morgan fingerprint density at radius 1 is 1.22 bits per heavy atom. The largest absolute Gasteiger partial charge is 0.491 e. The van der Waals surface area contributed by atoms with Crippen LogP contribution in [0.5, 0.6) is 5.75 Å². The minimum Gasteiger partial charge on any atom is -0.491 e. The van der Waals surface area contributed by atoms with Gasteiger partial charge in [-0.3, -0.25) is 4.40 Å². The van der Waals surface area contributed by atoms with Crippen molar-refractivity contribution in [2.45, 2.75) is 11.3 Å². The van der Waals surface area contributed by atoms with Crippen molar-refractivity contribution in [1.82, 2.24) is 14.6 Å². The van der Waals surface area contributed by atoms with Crippen LogP contribution in [0.15, 0.2) is 47.8 Å². The summed E-state index contributed by atoms with van der Waals surface area (Å²) < 4.78 is 7.22. The van der Waals surface area contributed by atoms with Crippen LogP contribution in [0.3, 0.4) is 0 Å². The van der Waals surface area contributed by atoms with E-state index in [1.165, 1.54) is 11.8 Å². The summed E-state index contributed by atoms with van der Waals surface area (Å²) in [6, 6.07) is 11.0. The Balaban J connectivity index is 1.60. The van der Waals surface area contributed by atoms with Crippen molar-refractivity contribution < 1.29 is 9.84 Å². The summed E-state index contributed by atoms with van der Waals surface area (Å²) in [6.45, 7) is 0.204. The van der Waals surface area contributed by atoms with Crippen molar-refractivity contribution in [1.29, 1.82) is 0 Å². The van der Waals surface area contributed by atoms with E-state index < -0.39 is 6.10 Å². The van der Waals surface area contributed by atoms with Crippen molar-refractivity contribution >= 4 is 40.6 Å². The van der Waals surface area contributed by atoms with Gasteiger partial charge in [0, 0.05) is 11.9 Å². The molecule has 23 heavy (non-hydrogen) atoms. The van der Waals surface area contributed by atoms with Gasteiger partial charge in [0.2, 0.25) is 0 Å². The molecule has 1 aromatic carbocycles. The lowest BCUT2D eigenvalue weighted by atomic mass is 10.3. The highest BCUT2D eigenvalue weighted by atomic mass is 35.5. The van der Waals surface area contributed by atoms with Crippen molar-refractivity contribution in [2.75, 3.05) is 12.4 Å². The molecule has 0 aliphatic heterocycles. The quantitative estimate of drug-likeness (QED) is 0.673. The molecule has 120 valence electrons. The Hall–Kier alpha value is -1.47. The molecule has 1 atom stereocenters. The molecule has 1 N–H and O–H groups in total. The van der Waals surface area contributed by atoms with E-state index in [4.69, 9.17) is 27.9 Å². The fourth-order valence-electron chi connectivity index (χ4n) is 1.93. The fraction of sp³-hybridized carbons (Fsp3) is 0.200. The van der Waals surface area contributed by atoms with Crippen molar-refractivity contribution in [3.63, 3.8) is 0 Å². The average molecular weight is 370 g/mol. The van der Waals surface area contributed by atoms with Gasteiger partial charge < -0.3 is 9.84 Å². The molecule has 0 amide bonds. The van der Waals surface area contributed by atoms with E-state index in [1.807, 2.05) is 30.3 Å². The standard InChI is InChI=1S/C15H13Cl2N3O2S/c16-10-6-13(17)14-18-19-15(20(14)7-10)23-9-11(21)8-22-12-4-2-1-3-5-12/h1-7,11,21H,8-9H2. The van der Waals surface area contributed by atoms with Gasteiger partial charge in [-0.1, -0.05) is 53.2 Å². The van der Waals surface area contributed by atoms with Crippen LogP contribution in [0.4, 0.5) is 0 Å². The highest BCUT2D eigenvalue weighted by Crippen LogP contribution is 2.25. The Morgan fingerprint density at radius 2 is 2.00 bits per heavy atom. The smallest absolute Gasteiger partial charge is 0.195 e. The number of aromatic nitrogens is 3. The molecule has 0 aliphatic carbocycles. The maximum atomic E-state index is 10.0. The van der Waals surface area contributed by atoms with E-state index in [9.17, 15) is 5.11 Å². The molecular weight excluding hydrogens is 357 g/mol. The lowest BCUT2D eigenvalue weighted by Crippen LogP contribution is -2.20. The van der Waals surface area contributed by atoms with Crippen LogP contribution in [0.2, 0.25) is 10.0 Å². The third-order valence-corrected chi connectivity index (χ3v) is 4.56. The van der Waals surface area contributed by atoms with Gasteiger partial charge in [-0.25, -0.2) is 0 Å². The summed E-state index contributed by atoms with van der Waals surface area (Å²) >= 11 is 13.4. The first-order valence-electron chi connectivity index (χ1n) is 6.82. The molecule has 0 spiro atoms. The van der Waals surface area contributed by atoms with Crippen LogP contribution >= 0.6 is 35.0 Å². The monoisotopic (exact) mass is 369 g/mol. The Bertz CT molecular complexity index is 798. The van der Waals surface area contributed by atoms with Crippen LogP contribution in [0.1, 0.15) is 0 Å². The maximum absolute atomic E-state index is 10.0. The molecule has 0 bridgehead atoms. The first-order valence-corrected chi connectivity index (χ1v) is 8.56. The molecule has 0 fully saturated rings. The first kappa shape index (κ1) is 16.4. The molecule has 3 rings (SSSR count). The molecule has 0 saturated heterocycles. The number of hydrogen-bond donors (Lipinski definition) is 1. The number of rotatable bonds is 6. The number of pyridine rings is 1. The van der Waals surface area contributed by atoms with Gasteiger partial charge >= 0.3 is 0 Å². The molecule has 0 radical (unpaired) electrons. The second kappa shape index (κ2) is 7.40. The predicted octanol–water partition coefficient (Wildman–Crippen LogP) is 3.57. The van der Waals surface area contributed by atoms with Crippen LogP contribution < -0.4 is 4.74 Å². The highest BCUT2D eigenvalue weighted by molar-refractivity contribution is 7.99. The molecule has 5 nitrogen and oxygen atoms in total. The van der Waals surface area contributed by atoms with E-state index in [1.54, 1.807) is 16.7 Å². The zero-order valence-corrected chi connectivity index (χ0v) is 14.2. The van der Waals surface area contributed by atoms with Crippen molar-refractivity contribution in [2.24, 2.45) is 0 Å². The lowest BCUT2D eigenvalue weighted by molar-refractivity contribution is 0.126. The number of thioether (sulfide) groups is 1. The zero-order chi connectivity index (χ0) is 16.2. The number of aliphatic hydroxyl groups is 1. The van der Waals surface area contributed by atoms with Gasteiger partial charge in [-0.2, -0.15) is 0 Å². The minimum absolute atomic E-state index is 0.204. The maximum Gasteiger partial charge on any atom is 0.195 e. The number of para-hydroxylation sites is 1. The molecule has 8 heteroatoms. The van der Waals surface area contributed by atoms with Crippen molar-refractivity contribution in [3.05, 3.63) is 52.6 Å². The minimum atomic E-state index is -0.637. The first-order chi connectivity index (χ1) is 11.1. The predicted molar refractivity (Wildman–Crippen MR) is 91.7 cm³/mol. The SMILES string of the molecule is OC(COc1ccccc1)CSc1nnc2c(Cl)cc(Cl)cn12. The van der Waals surface area contributed by atoms with Crippen molar-refractivity contribution in [3.8, 4) is 5.75 Å². The second-order valence-corrected chi connectivity index (χ2v) is 6.60. The molecule has 1 unspecified atom stereocenters. The average Bonchev–Trinajstić information content (AvgIpc) is 2.95. The van der Waals surface area contributed by atoms with Gasteiger partial charge in [0.25, 0.3) is 0 Å². The number of fused-ring (bicyclic) bond motifs is 1. The Kier molecular flexibility index (Phi) is 5.27. The van der Waals surface area contributed by atoms with E-state index >= 15 is 0 Å². The molecule has 3 aromatic rings. The number of halogens is 2. The van der Waals surface area contributed by atoms with Crippen LogP contribution in [-0.4, -0.2) is 38.2 Å². The summed E-state index contributed by atoms with van der Waals surface area (Å²) in [7, 11) is 0. The summed E-state index contributed by atoms with van der Waals surface area (Å²) in [5.41, 5.74) is 0.536. The number of hydrogen-bond acceptors (Lipinski definition) is 5. The second-order valence-electron chi connectivity index (χ2n) is 4.77.